The third kappa shape index (κ3) is 5.74. The van der Waals surface area contributed by atoms with Gasteiger partial charge in [0.05, 0.1) is 6.54 Å². The lowest BCUT2D eigenvalue weighted by Crippen LogP contribution is -2.24. The largest absolute Gasteiger partial charge is 0.464 e. The average Bonchev–Trinajstić information content (AvgIpc) is 2.92. The molecule has 2 heterocycles. The van der Waals surface area contributed by atoms with Crippen LogP contribution in [-0.2, 0) is 6.54 Å². The van der Waals surface area contributed by atoms with Gasteiger partial charge in [-0.05, 0) is 24.3 Å². The van der Waals surface area contributed by atoms with E-state index in [-0.39, 0.29) is 0 Å². The second-order valence-electron chi connectivity index (χ2n) is 6.19. The molecule has 0 aromatic carbocycles. The molecule has 0 amide bonds. The fraction of sp³-hybridized carbons (Fsp3) is 0.533. The van der Waals surface area contributed by atoms with Gasteiger partial charge in [0.1, 0.15) is 23.9 Å². The van der Waals surface area contributed by atoms with Crippen molar-refractivity contribution < 1.29 is 4.42 Å². The first kappa shape index (κ1) is 17.0. The summed E-state index contributed by atoms with van der Waals surface area (Å²) in [5, 5.41) is 3.81. The maximum atomic E-state index is 5.63. The van der Waals surface area contributed by atoms with E-state index in [1.165, 1.54) is 0 Å². The average molecular weight is 356 g/mol. The summed E-state index contributed by atoms with van der Waals surface area (Å²) in [5.74, 6) is 2.98. The van der Waals surface area contributed by atoms with Crippen molar-refractivity contribution in [3.8, 4) is 10.8 Å². The molecule has 1 aromatic rings. The molecule has 1 aliphatic rings. The highest BCUT2D eigenvalue weighted by Crippen LogP contribution is 2.29. The van der Waals surface area contributed by atoms with Gasteiger partial charge in [-0.25, -0.2) is 0 Å². The maximum absolute atomic E-state index is 5.63. The molecule has 1 unspecified atom stereocenters. The van der Waals surface area contributed by atoms with Crippen LogP contribution in [0.25, 0.3) is 0 Å². The smallest absolute Gasteiger partial charge is 0.137 e. The lowest BCUT2D eigenvalue weighted by Gasteiger charge is -2.15. The Hall–Kier alpha value is -0.353. The normalized spacial score (nSPS) is 18.8. The Morgan fingerprint density at radius 1 is 1.48 bits per heavy atom. The van der Waals surface area contributed by atoms with Crippen molar-refractivity contribution >= 4 is 48.1 Å². The Labute approximate surface area is 142 Å². The molecule has 0 N–H and O–H groups in total. The summed E-state index contributed by atoms with van der Waals surface area (Å²) in [6.45, 7) is 10.6. The van der Waals surface area contributed by atoms with E-state index in [1.54, 1.807) is 23.5 Å². The molecule has 1 saturated heterocycles. The highest BCUT2D eigenvalue weighted by molar-refractivity contribution is 8.24. The predicted molar refractivity (Wildman–Crippen MR) is 101 cm³/mol. The van der Waals surface area contributed by atoms with Crippen molar-refractivity contribution in [2.24, 2.45) is 0 Å². The summed E-state index contributed by atoms with van der Waals surface area (Å²) in [6.07, 6.45) is 0. The monoisotopic (exact) mass is 355 g/mol. The van der Waals surface area contributed by atoms with Gasteiger partial charge in [0.25, 0.3) is 0 Å². The Morgan fingerprint density at radius 3 is 2.86 bits per heavy atom. The summed E-state index contributed by atoms with van der Waals surface area (Å²) in [4.78, 5) is 2.23. The summed E-state index contributed by atoms with van der Waals surface area (Å²) in [6, 6.07) is 4.03. The molecule has 1 aromatic heterocycles. The summed E-state index contributed by atoms with van der Waals surface area (Å²) in [5.41, 5.74) is 3.39. The van der Waals surface area contributed by atoms with Gasteiger partial charge in [0, 0.05) is 17.5 Å². The summed E-state index contributed by atoms with van der Waals surface area (Å²) < 4.78 is 6.61. The number of thioether (sulfide) groups is 2. The first-order chi connectivity index (χ1) is 9.83. The van der Waals surface area contributed by atoms with Crippen molar-refractivity contribution in [1.82, 2.24) is 4.90 Å². The Balaban J connectivity index is 1.80. The van der Waals surface area contributed by atoms with Crippen molar-refractivity contribution in [3.05, 3.63) is 23.7 Å². The number of hydrogen-bond donors (Lipinski definition) is 0. The number of furan rings is 1. The molecular weight excluding hydrogens is 334 g/mol. The van der Waals surface area contributed by atoms with E-state index in [4.69, 9.17) is 16.6 Å². The van der Waals surface area contributed by atoms with Crippen molar-refractivity contribution in [3.63, 3.8) is 0 Å². The van der Waals surface area contributed by atoms with Gasteiger partial charge in [0.15, 0.2) is 0 Å². The van der Waals surface area contributed by atoms with Crippen LogP contribution in [0.1, 0.15) is 11.5 Å². The van der Waals surface area contributed by atoms with Gasteiger partial charge in [-0.1, -0.05) is 55.4 Å². The minimum absolute atomic E-state index is 0.537. The van der Waals surface area contributed by atoms with Crippen LogP contribution in [0.2, 0.25) is 19.6 Å². The number of rotatable bonds is 4. The van der Waals surface area contributed by atoms with Crippen LogP contribution in [0, 0.1) is 17.7 Å². The second-order valence-corrected chi connectivity index (χ2v) is 13.7. The van der Waals surface area contributed by atoms with Crippen LogP contribution in [0.5, 0.6) is 0 Å². The zero-order chi connectivity index (χ0) is 15.5. The highest BCUT2D eigenvalue weighted by atomic mass is 32.2. The van der Waals surface area contributed by atoms with Crippen LogP contribution in [0.4, 0.5) is 0 Å². The topological polar surface area (TPSA) is 16.4 Å². The van der Waals surface area contributed by atoms with Crippen LogP contribution >= 0.6 is 35.7 Å². The lowest BCUT2D eigenvalue weighted by molar-refractivity contribution is 0.374. The lowest BCUT2D eigenvalue weighted by atomic mass is 10.4. The van der Waals surface area contributed by atoms with E-state index < -0.39 is 8.07 Å². The Bertz CT molecular complexity index is 567. The van der Waals surface area contributed by atoms with Crippen molar-refractivity contribution in [2.75, 3.05) is 12.3 Å². The molecule has 2 nitrogen and oxygen atoms in total. The minimum Gasteiger partial charge on any atom is -0.464 e. The van der Waals surface area contributed by atoms with Gasteiger partial charge < -0.3 is 9.32 Å². The van der Waals surface area contributed by atoms with E-state index in [0.29, 0.717) is 5.25 Å². The molecule has 0 radical (unpaired) electrons. The van der Waals surface area contributed by atoms with Crippen molar-refractivity contribution in [1.29, 1.82) is 0 Å². The SMILES string of the molecule is Cc1ccc(CN2CC(CSC#C[Si](C)(C)C)SC2=S)o1. The van der Waals surface area contributed by atoms with Gasteiger partial charge in [-0.3, -0.25) is 0 Å². The number of thiocarbonyl (C=S) groups is 1. The van der Waals surface area contributed by atoms with E-state index in [1.807, 2.05) is 19.1 Å². The molecule has 2 rings (SSSR count). The van der Waals surface area contributed by atoms with E-state index >= 15 is 0 Å². The van der Waals surface area contributed by atoms with E-state index in [0.717, 1.165) is 34.7 Å². The summed E-state index contributed by atoms with van der Waals surface area (Å²) in [7, 11) is -1.25. The number of hydrogen-bond acceptors (Lipinski definition) is 4. The number of aryl methyl sites for hydroxylation is 1. The van der Waals surface area contributed by atoms with Crippen LogP contribution in [-0.4, -0.2) is 34.8 Å². The van der Waals surface area contributed by atoms with Gasteiger partial charge in [0.2, 0.25) is 0 Å². The third-order valence-corrected chi connectivity index (χ3v) is 6.60. The zero-order valence-electron chi connectivity index (χ0n) is 12.9. The zero-order valence-corrected chi connectivity index (χ0v) is 16.4. The molecule has 0 bridgehead atoms. The van der Waals surface area contributed by atoms with E-state index in [9.17, 15) is 0 Å². The predicted octanol–water partition coefficient (Wildman–Crippen LogP) is 4.36. The molecule has 114 valence electrons. The van der Waals surface area contributed by atoms with E-state index in [2.05, 4.69) is 35.3 Å². The van der Waals surface area contributed by atoms with Crippen molar-refractivity contribution in [2.45, 2.75) is 38.4 Å². The van der Waals surface area contributed by atoms with Crippen LogP contribution < -0.4 is 0 Å². The molecule has 1 fully saturated rings. The van der Waals surface area contributed by atoms with Crippen LogP contribution in [0.15, 0.2) is 16.5 Å². The molecule has 0 spiro atoms. The second kappa shape index (κ2) is 7.27. The number of nitrogens with zero attached hydrogens (tertiary/aromatic N) is 1. The first-order valence-corrected chi connectivity index (χ1v) is 12.8. The highest BCUT2D eigenvalue weighted by Gasteiger charge is 2.27. The van der Waals surface area contributed by atoms with Gasteiger partial charge >= 0.3 is 0 Å². The standard InChI is InChI=1S/C15H21NOS3Si/c1-12-5-6-13(17-12)9-16-10-14(20-15(16)18)11-19-7-8-21(2,3)4/h5-6,14H,9-11H2,1-4H3. The molecule has 1 atom stereocenters. The van der Waals surface area contributed by atoms with Crippen LogP contribution in [0.3, 0.4) is 0 Å². The fourth-order valence-corrected chi connectivity index (χ4v) is 5.61. The molecular formula is C15H21NOS3Si. The molecule has 6 heteroatoms. The molecule has 1 aliphatic heterocycles. The molecule has 0 aliphatic carbocycles. The maximum Gasteiger partial charge on any atom is 0.137 e. The first-order valence-electron chi connectivity index (χ1n) is 6.98. The third-order valence-electron chi connectivity index (χ3n) is 2.86. The Kier molecular flexibility index (Phi) is 5.89. The molecule has 0 saturated carbocycles. The van der Waals surface area contributed by atoms with Gasteiger partial charge in [-0.2, -0.15) is 0 Å². The Morgan fingerprint density at radius 2 is 2.24 bits per heavy atom. The minimum atomic E-state index is -1.25. The summed E-state index contributed by atoms with van der Waals surface area (Å²) >= 11 is 9.00. The van der Waals surface area contributed by atoms with Gasteiger partial charge in [-0.15, -0.1) is 5.54 Å². The fourth-order valence-electron chi connectivity index (χ4n) is 1.87. The molecule has 21 heavy (non-hydrogen) atoms. The quantitative estimate of drug-likeness (QED) is 0.452.